The van der Waals surface area contributed by atoms with E-state index in [1.807, 2.05) is 6.92 Å². The Morgan fingerprint density at radius 2 is 2.11 bits per heavy atom. The van der Waals surface area contributed by atoms with E-state index >= 15 is 0 Å². The Balaban J connectivity index is 1.43. The summed E-state index contributed by atoms with van der Waals surface area (Å²) in [4.78, 5) is 16.4. The summed E-state index contributed by atoms with van der Waals surface area (Å²) in [5.41, 5.74) is 0. The van der Waals surface area contributed by atoms with Crippen LogP contribution >= 0.6 is 0 Å². The number of esters is 1. The number of piperazine rings is 1. The fourth-order valence-corrected chi connectivity index (χ4v) is 3.84. The second-order valence-electron chi connectivity index (χ2n) is 6.00. The SMILES string of the molecule is CCOC(=O)CN1CCC(N2C[C@@H]3C[C@H]2CN3)CC1. The predicted octanol–water partition coefficient (Wildman–Crippen LogP) is 0.0600. The third kappa shape index (κ3) is 2.93. The molecule has 3 aliphatic heterocycles. The number of likely N-dealkylation sites (tertiary alicyclic amines) is 2. The van der Waals surface area contributed by atoms with E-state index in [0.29, 0.717) is 13.2 Å². The lowest BCUT2D eigenvalue weighted by atomic mass is 10.0. The highest BCUT2D eigenvalue weighted by Crippen LogP contribution is 2.29. The highest BCUT2D eigenvalue weighted by Gasteiger charge is 2.41. The van der Waals surface area contributed by atoms with Crippen molar-refractivity contribution in [2.75, 3.05) is 39.3 Å². The number of hydrogen-bond donors (Lipinski definition) is 1. The Hall–Kier alpha value is -0.650. The van der Waals surface area contributed by atoms with Gasteiger partial charge in [-0.05, 0) is 26.2 Å². The molecule has 2 bridgehead atoms. The molecule has 0 aromatic heterocycles. The molecule has 2 atom stereocenters. The molecule has 0 radical (unpaired) electrons. The van der Waals surface area contributed by atoms with Crippen LogP contribution < -0.4 is 5.32 Å². The first-order valence-corrected chi connectivity index (χ1v) is 7.63. The number of carbonyl (C=O) groups is 1. The van der Waals surface area contributed by atoms with E-state index in [-0.39, 0.29) is 5.97 Å². The lowest BCUT2D eigenvalue weighted by molar-refractivity contribution is -0.144. The standard InChI is InChI=1S/C14H25N3O2/c1-2-19-14(18)10-16-5-3-12(4-6-16)17-9-11-7-13(17)8-15-11/h11-13,15H,2-10H2,1H3/t11-,13-/m0/s1. The van der Waals surface area contributed by atoms with Gasteiger partial charge in [-0.3, -0.25) is 14.6 Å². The highest BCUT2D eigenvalue weighted by molar-refractivity contribution is 5.71. The number of fused-ring (bicyclic) bond motifs is 2. The average Bonchev–Trinajstić information content (AvgIpc) is 3.02. The Kier molecular flexibility index (Phi) is 4.05. The molecule has 0 spiro atoms. The van der Waals surface area contributed by atoms with Crippen LogP contribution in [0.15, 0.2) is 0 Å². The summed E-state index contributed by atoms with van der Waals surface area (Å²) in [7, 11) is 0. The van der Waals surface area contributed by atoms with Crippen molar-refractivity contribution in [1.82, 2.24) is 15.1 Å². The summed E-state index contributed by atoms with van der Waals surface area (Å²) < 4.78 is 5.01. The molecular formula is C14H25N3O2. The quantitative estimate of drug-likeness (QED) is 0.730. The minimum Gasteiger partial charge on any atom is -0.465 e. The molecule has 3 rings (SSSR count). The number of nitrogens with zero attached hydrogens (tertiary/aromatic N) is 2. The van der Waals surface area contributed by atoms with Gasteiger partial charge in [-0.25, -0.2) is 0 Å². The normalized spacial score (nSPS) is 32.9. The van der Waals surface area contributed by atoms with E-state index in [9.17, 15) is 4.79 Å². The Morgan fingerprint density at radius 3 is 2.68 bits per heavy atom. The van der Waals surface area contributed by atoms with Gasteiger partial charge in [0.1, 0.15) is 0 Å². The second kappa shape index (κ2) is 5.77. The molecule has 0 aliphatic carbocycles. The van der Waals surface area contributed by atoms with Crippen molar-refractivity contribution in [3.05, 3.63) is 0 Å². The minimum atomic E-state index is -0.0784. The Bertz CT molecular complexity index is 329. The maximum atomic E-state index is 11.5. The van der Waals surface area contributed by atoms with Gasteiger partial charge in [0, 0.05) is 44.3 Å². The topological polar surface area (TPSA) is 44.8 Å². The highest BCUT2D eigenvalue weighted by atomic mass is 16.5. The maximum absolute atomic E-state index is 11.5. The van der Waals surface area contributed by atoms with Crippen molar-refractivity contribution < 1.29 is 9.53 Å². The number of carbonyl (C=O) groups excluding carboxylic acids is 1. The van der Waals surface area contributed by atoms with Crippen molar-refractivity contribution in [1.29, 1.82) is 0 Å². The average molecular weight is 267 g/mol. The van der Waals surface area contributed by atoms with E-state index < -0.39 is 0 Å². The summed E-state index contributed by atoms with van der Waals surface area (Å²) in [6, 6.07) is 2.24. The minimum absolute atomic E-state index is 0.0784. The van der Waals surface area contributed by atoms with E-state index in [1.165, 1.54) is 32.4 Å². The second-order valence-corrected chi connectivity index (χ2v) is 6.00. The monoisotopic (exact) mass is 267 g/mol. The predicted molar refractivity (Wildman–Crippen MR) is 73.0 cm³/mol. The first kappa shape index (κ1) is 13.3. The van der Waals surface area contributed by atoms with Gasteiger partial charge < -0.3 is 10.1 Å². The molecule has 0 saturated carbocycles. The molecular weight excluding hydrogens is 242 g/mol. The zero-order chi connectivity index (χ0) is 13.2. The molecule has 3 heterocycles. The Morgan fingerprint density at radius 1 is 1.32 bits per heavy atom. The first-order chi connectivity index (χ1) is 9.26. The van der Waals surface area contributed by atoms with Gasteiger partial charge >= 0.3 is 5.97 Å². The van der Waals surface area contributed by atoms with Crippen LogP contribution in [-0.4, -0.2) is 73.2 Å². The summed E-state index contributed by atoms with van der Waals surface area (Å²) in [5.74, 6) is -0.0784. The van der Waals surface area contributed by atoms with E-state index in [1.54, 1.807) is 0 Å². The lowest BCUT2D eigenvalue weighted by Gasteiger charge is -2.40. The van der Waals surface area contributed by atoms with Gasteiger partial charge in [0.05, 0.1) is 13.2 Å². The van der Waals surface area contributed by atoms with Crippen molar-refractivity contribution in [2.24, 2.45) is 0 Å². The summed E-state index contributed by atoms with van der Waals surface area (Å²) in [5, 5.41) is 3.56. The van der Waals surface area contributed by atoms with E-state index in [0.717, 1.165) is 31.2 Å². The zero-order valence-corrected chi connectivity index (χ0v) is 11.8. The van der Waals surface area contributed by atoms with Gasteiger partial charge in [0.2, 0.25) is 0 Å². The van der Waals surface area contributed by atoms with Crippen molar-refractivity contribution in [2.45, 2.75) is 44.3 Å². The molecule has 0 amide bonds. The molecule has 3 saturated heterocycles. The molecule has 108 valence electrons. The number of nitrogens with one attached hydrogen (secondary N) is 1. The Labute approximate surface area is 115 Å². The molecule has 0 aromatic carbocycles. The van der Waals surface area contributed by atoms with Crippen LogP contribution in [0.5, 0.6) is 0 Å². The van der Waals surface area contributed by atoms with Crippen LogP contribution in [0, 0.1) is 0 Å². The van der Waals surface area contributed by atoms with E-state index in [2.05, 4.69) is 15.1 Å². The number of piperidine rings is 1. The number of hydrogen-bond acceptors (Lipinski definition) is 5. The van der Waals surface area contributed by atoms with Gasteiger partial charge in [-0.15, -0.1) is 0 Å². The molecule has 0 aromatic rings. The fourth-order valence-electron chi connectivity index (χ4n) is 3.84. The van der Waals surface area contributed by atoms with Crippen LogP contribution in [0.4, 0.5) is 0 Å². The zero-order valence-electron chi connectivity index (χ0n) is 11.8. The third-order valence-corrected chi connectivity index (χ3v) is 4.78. The number of rotatable bonds is 4. The largest absolute Gasteiger partial charge is 0.465 e. The molecule has 0 unspecified atom stereocenters. The van der Waals surface area contributed by atoms with Crippen LogP contribution in [-0.2, 0) is 9.53 Å². The molecule has 19 heavy (non-hydrogen) atoms. The van der Waals surface area contributed by atoms with Crippen molar-refractivity contribution in [3.63, 3.8) is 0 Å². The van der Waals surface area contributed by atoms with Crippen LogP contribution in [0.2, 0.25) is 0 Å². The van der Waals surface area contributed by atoms with Gasteiger partial charge in [0.25, 0.3) is 0 Å². The first-order valence-electron chi connectivity index (χ1n) is 7.63. The molecule has 5 nitrogen and oxygen atoms in total. The number of ether oxygens (including phenoxy) is 1. The maximum Gasteiger partial charge on any atom is 0.320 e. The van der Waals surface area contributed by atoms with Gasteiger partial charge in [-0.1, -0.05) is 0 Å². The molecule has 3 aliphatic rings. The van der Waals surface area contributed by atoms with Crippen LogP contribution in [0.25, 0.3) is 0 Å². The fraction of sp³-hybridized carbons (Fsp3) is 0.929. The van der Waals surface area contributed by atoms with Crippen LogP contribution in [0.3, 0.4) is 0 Å². The van der Waals surface area contributed by atoms with Crippen LogP contribution in [0.1, 0.15) is 26.2 Å². The summed E-state index contributed by atoms with van der Waals surface area (Å²) >= 11 is 0. The summed E-state index contributed by atoms with van der Waals surface area (Å²) in [6.07, 6.45) is 3.73. The summed E-state index contributed by atoms with van der Waals surface area (Å²) in [6.45, 7) is 7.28. The van der Waals surface area contributed by atoms with Gasteiger partial charge in [-0.2, -0.15) is 0 Å². The lowest BCUT2D eigenvalue weighted by Crippen LogP contribution is -2.52. The third-order valence-electron chi connectivity index (χ3n) is 4.78. The van der Waals surface area contributed by atoms with Crippen molar-refractivity contribution in [3.8, 4) is 0 Å². The molecule has 1 N–H and O–H groups in total. The van der Waals surface area contributed by atoms with Gasteiger partial charge in [0.15, 0.2) is 0 Å². The smallest absolute Gasteiger partial charge is 0.320 e. The molecule has 5 heteroatoms. The van der Waals surface area contributed by atoms with E-state index in [4.69, 9.17) is 4.74 Å². The van der Waals surface area contributed by atoms with Crippen molar-refractivity contribution >= 4 is 5.97 Å². The molecule has 3 fully saturated rings.